The van der Waals surface area contributed by atoms with E-state index in [-0.39, 0.29) is 17.5 Å². The molecule has 0 fully saturated rings. The summed E-state index contributed by atoms with van der Waals surface area (Å²) in [5, 5.41) is 9.57. The van der Waals surface area contributed by atoms with Crippen molar-refractivity contribution < 1.29 is 9.90 Å². The van der Waals surface area contributed by atoms with Gasteiger partial charge in [0.05, 0.1) is 0 Å². The number of aliphatic hydroxyl groups excluding tert-OH is 1. The summed E-state index contributed by atoms with van der Waals surface area (Å²) in [4.78, 5) is 11.8. The average molecular weight is 214 g/mol. The summed E-state index contributed by atoms with van der Waals surface area (Å²) in [6.07, 6.45) is 1.85. The first-order chi connectivity index (χ1) is 7.61. The van der Waals surface area contributed by atoms with Crippen LogP contribution in [0.2, 0.25) is 0 Å². The zero-order chi connectivity index (χ0) is 11.7. The summed E-state index contributed by atoms with van der Waals surface area (Å²) >= 11 is 0. The first-order valence-electron chi connectivity index (χ1n) is 5.32. The third-order valence-corrected chi connectivity index (χ3v) is 3.09. The highest BCUT2D eigenvalue weighted by Gasteiger charge is 2.31. The summed E-state index contributed by atoms with van der Waals surface area (Å²) in [5.74, 6) is -0.323. The molecule has 0 aliphatic heterocycles. The maximum absolute atomic E-state index is 11.8. The lowest BCUT2D eigenvalue weighted by Gasteiger charge is -2.05. The Kier molecular flexibility index (Phi) is 2.65. The van der Waals surface area contributed by atoms with Crippen LogP contribution in [-0.2, 0) is 4.79 Å². The zero-order valence-corrected chi connectivity index (χ0v) is 9.40. The molecule has 1 unspecified atom stereocenters. The average Bonchev–Trinajstić information content (AvgIpc) is 2.48. The molecular weight excluding hydrogens is 200 g/mol. The number of ketones is 1. The molecule has 16 heavy (non-hydrogen) atoms. The Morgan fingerprint density at radius 1 is 1.25 bits per heavy atom. The molecule has 1 atom stereocenters. The van der Waals surface area contributed by atoms with E-state index in [1.165, 1.54) is 0 Å². The van der Waals surface area contributed by atoms with Gasteiger partial charge in [0.2, 0.25) is 5.78 Å². The van der Waals surface area contributed by atoms with E-state index < -0.39 is 0 Å². The number of benzene rings is 1. The molecule has 2 heteroatoms. The Morgan fingerprint density at radius 3 is 2.38 bits per heavy atom. The monoisotopic (exact) mass is 214 g/mol. The maximum Gasteiger partial charge on any atom is 0.223 e. The second-order valence-electron chi connectivity index (χ2n) is 4.09. The number of carbonyl (C=O) groups excluding carboxylic acids is 1. The van der Waals surface area contributed by atoms with Crippen LogP contribution in [0.15, 0.2) is 47.2 Å². The SMILES string of the molecule is CC1=C(O)C(=O)/C(=C\c2ccccc2)C1C. The van der Waals surface area contributed by atoms with Gasteiger partial charge in [-0.05, 0) is 24.1 Å². The molecular formula is C14H14O2. The molecule has 2 nitrogen and oxygen atoms in total. The van der Waals surface area contributed by atoms with E-state index in [1.54, 1.807) is 6.92 Å². The minimum atomic E-state index is -0.242. The smallest absolute Gasteiger partial charge is 0.223 e. The Bertz CT molecular complexity index is 481. The molecule has 0 heterocycles. The van der Waals surface area contributed by atoms with E-state index >= 15 is 0 Å². The minimum Gasteiger partial charge on any atom is -0.504 e. The summed E-state index contributed by atoms with van der Waals surface area (Å²) < 4.78 is 0. The third kappa shape index (κ3) is 1.67. The molecule has 1 aliphatic rings. The van der Waals surface area contributed by atoms with Gasteiger partial charge in [0.1, 0.15) is 0 Å². The van der Waals surface area contributed by atoms with Crippen LogP contribution >= 0.6 is 0 Å². The molecule has 1 aromatic carbocycles. The van der Waals surface area contributed by atoms with E-state index in [9.17, 15) is 9.90 Å². The molecule has 2 rings (SSSR count). The number of hydrogen-bond donors (Lipinski definition) is 1. The Hall–Kier alpha value is -1.83. The van der Waals surface area contributed by atoms with Gasteiger partial charge < -0.3 is 5.11 Å². The molecule has 0 spiro atoms. The van der Waals surface area contributed by atoms with Crippen LogP contribution in [0.3, 0.4) is 0 Å². The van der Waals surface area contributed by atoms with Gasteiger partial charge in [-0.15, -0.1) is 0 Å². The van der Waals surface area contributed by atoms with Crippen molar-refractivity contribution in [1.82, 2.24) is 0 Å². The minimum absolute atomic E-state index is 0.00714. The molecule has 82 valence electrons. The van der Waals surface area contributed by atoms with Gasteiger partial charge in [0, 0.05) is 11.5 Å². The molecule has 0 bridgehead atoms. The van der Waals surface area contributed by atoms with Crippen molar-refractivity contribution >= 4 is 11.9 Å². The van der Waals surface area contributed by atoms with E-state index in [4.69, 9.17) is 0 Å². The van der Waals surface area contributed by atoms with Gasteiger partial charge in [-0.1, -0.05) is 37.3 Å². The molecule has 0 radical (unpaired) electrons. The van der Waals surface area contributed by atoms with Gasteiger partial charge in [-0.3, -0.25) is 4.79 Å². The van der Waals surface area contributed by atoms with E-state index in [2.05, 4.69) is 0 Å². The second kappa shape index (κ2) is 3.97. The lowest BCUT2D eigenvalue weighted by molar-refractivity contribution is -0.114. The van der Waals surface area contributed by atoms with Crippen molar-refractivity contribution in [2.45, 2.75) is 13.8 Å². The highest BCUT2D eigenvalue weighted by molar-refractivity contribution is 6.13. The van der Waals surface area contributed by atoms with Gasteiger partial charge in [-0.25, -0.2) is 0 Å². The number of allylic oxidation sites excluding steroid dienone is 2. The van der Waals surface area contributed by atoms with Crippen LogP contribution in [0.5, 0.6) is 0 Å². The van der Waals surface area contributed by atoms with E-state index in [0.29, 0.717) is 5.57 Å². The summed E-state index contributed by atoms with van der Waals surface area (Å²) in [6.45, 7) is 3.73. The number of carbonyl (C=O) groups is 1. The maximum atomic E-state index is 11.8. The summed E-state index contributed by atoms with van der Waals surface area (Å²) in [7, 11) is 0. The topological polar surface area (TPSA) is 37.3 Å². The van der Waals surface area contributed by atoms with Crippen molar-refractivity contribution in [3.05, 3.63) is 52.8 Å². The standard InChI is InChI=1S/C14H14O2/c1-9-10(2)13(15)14(16)12(9)8-11-6-4-3-5-7-11/h3-9,15H,1-2H3/b12-8-. The second-order valence-corrected chi connectivity index (χ2v) is 4.09. The van der Waals surface area contributed by atoms with Crippen LogP contribution in [0.1, 0.15) is 19.4 Å². The van der Waals surface area contributed by atoms with Crippen LogP contribution in [0.4, 0.5) is 0 Å². The number of aliphatic hydroxyl groups is 1. The van der Waals surface area contributed by atoms with E-state index in [0.717, 1.165) is 11.1 Å². The van der Waals surface area contributed by atoms with Crippen molar-refractivity contribution in [1.29, 1.82) is 0 Å². The molecule has 0 saturated heterocycles. The van der Waals surface area contributed by atoms with Crippen LogP contribution in [-0.4, -0.2) is 10.9 Å². The number of hydrogen-bond acceptors (Lipinski definition) is 2. The molecule has 0 amide bonds. The van der Waals surface area contributed by atoms with Gasteiger partial charge >= 0.3 is 0 Å². The quantitative estimate of drug-likeness (QED) is 0.729. The van der Waals surface area contributed by atoms with Crippen LogP contribution in [0.25, 0.3) is 6.08 Å². The van der Waals surface area contributed by atoms with Crippen LogP contribution in [0, 0.1) is 5.92 Å². The molecule has 1 aromatic rings. The summed E-state index contributed by atoms with van der Waals surface area (Å²) in [5.41, 5.74) is 2.41. The first-order valence-corrected chi connectivity index (χ1v) is 5.32. The molecule has 0 saturated carbocycles. The Labute approximate surface area is 94.9 Å². The highest BCUT2D eigenvalue weighted by Crippen LogP contribution is 2.33. The fraction of sp³-hybridized carbons (Fsp3) is 0.214. The fourth-order valence-corrected chi connectivity index (χ4v) is 1.87. The van der Waals surface area contributed by atoms with Crippen LogP contribution < -0.4 is 0 Å². The molecule has 0 aromatic heterocycles. The van der Waals surface area contributed by atoms with E-state index in [1.807, 2.05) is 43.3 Å². The largest absolute Gasteiger partial charge is 0.504 e. The lowest BCUT2D eigenvalue weighted by Crippen LogP contribution is -2.02. The third-order valence-electron chi connectivity index (χ3n) is 3.09. The lowest BCUT2D eigenvalue weighted by atomic mass is 9.97. The predicted octanol–water partition coefficient (Wildman–Crippen LogP) is 3.12. The van der Waals surface area contributed by atoms with Gasteiger partial charge in [-0.2, -0.15) is 0 Å². The highest BCUT2D eigenvalue weighted by atomic mass is 16.3. The van der Waals surface area contributed by atoms with Gasteiger partial charge in [0.15, 0.2) is 5.76 Å². The normalized spacial score (nSPS) is 23.2. The van der Waals surface area contributed by atoms with Crippen molar-refractivity contribution in [2.24, 2.45) is 5.92 Å². The molecule has 1 N–H and O–H groups in total. The number of Topliss-reactive ketones (excluding diaryl/α,β-unsaturated/α-hetero) is 1. The number of rotatable bonds is 1. The van der Waals surface area contributed by atoms with Crippen molar-refractivity contribution in [3.63, 3.8) is 0 Å². The Balaban J connectivity index is 2.39. The summed E-state index contributed by atoms with van der Waals surface area (Å²) in [6, 6.07) is 9.67. The molecule has 1 aliphatic carbocycles. The first kappa shape index (κ1) is 10.7. The zero-order valence-electron chi connectivity index (χ0n) is 9.40. The Morgan fingerprint density at radius 2 is 1.88 bits per heavy atom. The van der Waals surface area contributed by atoms with Crippen molar-refractivity contribution in [3.8, 4) is 0 Å². The predicted molar refractivity (Wildman–Crippen MR) is 63.9 cm³/mol. The van der Waals surface area contributed by atoms with Crippen molar-refractivity contribution in [2.75, 3.05) is 0 Å². The fourth-order valence-electron chi connectivity index (χ4n) is 1.87. The van der Waals surface area contributed by atoms with Gasteiger partial charge in [0.25, 0.3) is 0 Å².